The summed E-state index contributed by atoms with van der Waals surface area (Å²) < 4.78 is 5.92. The molecular weight excluding hydrogens is 232 g/mol. The van der Waals surface area contributed by atoms with Gasteiger partial charge in [-0.15, -0.1) is 0 Å². The average Bonchev–Trinajstić information content (AvgIpc) is 2.61. The van der Waals surface area contributed by atoms with E-state index in [1.54, 1.807) is 13.1 Å². The number of anilines is 1. The maximum absolute atomic E-state index is 11.5. The predicted octanol–water partition coefficient (Wildman–Crippen LogP) is 2.16. The van der Waals surface area contributed by atoms with Crippen LogP contribution in [0.15, 0.2) is 10.4 Å². The summed E-state index contributed by atoms with van der Waals surface area (Å²) in [6.45, 7) is 4.18. The molecule has 15 heavy (non-hydrogen) atoms. The van der Waals surface area contributed by atoms with Gasteiger partial charge in [0.15, 0.2) is 5.13 Å². The number of hydrogen-bond donors (Lipinski definition) is 1. The molecule has 0 aliphatic rings. The van der Waals surface area contributed by atoms with Gasteiger partial charge in [-0.05, 0) is 13.3 Å². The van der Waals surface area contributed by atoms with Gasteiger partial charge in [0.05, 0.1) is 17.0 Å². The minimum Gasteiger partial charge on any atom is -0.465 e. The van der Waals surface area contributed by atoms with Crippen LogP contribution in [0.2, 0.25) is 0 Å². The zero-order valence-corrected chi connectivity index (χ0v) is 10.4. The Bertz CT molecular complexity index is 328. The Morgan fingerprint density at radius 3 is 2.93 bits per heavy atom. The first-order valence-corrected chi connectivity index (χ1v) is 6.41. The maximum atomic E-state index is 11.5. The molecule has 0 radical (unpaired) electrons. The molecule has 0 aliphatic carbocycles. The zero-order chi connectivity index (χ0) is 11.3. The normalized spacial score (nSPS) is 12.4. The smallest absolute Gasteiger partial charge is 0.319 e. The molecule has 1 unspecified atom stereocenters. The van der Waals surface area contributed by atoms with E-state index < -0.39 is 0 Å². The minimum absolute atomic E-state index is 0.162. The first-order valence-electron chi connectivity index (χ1n) is 4.72. The van der Waals surface area contributed by atoms with Crippen LogP contribution in [0.1, 0.15) is 20.3 Å². The lowest BCUT2D eigenvalue weighted by molar-refractivity contribution is -0.142. The molecule has 1 rings (SSSR count). The Morgan fingerprint density at radius 1 is 1.73 bits per heavy atom. The molecule has 1 aromatic heterocycles. The van der Waals surface area contributed by atoms with Gasteiger partial charge in [-0.1, -0.05) is 30.0 Å². The van der Waals surface area contributed by atoms with Crippen molar-refractivity contribution < 1.29 is 9.53 Å². The summed E-state index contributed by atoms with van der Waals surface area (Å²) in [5.41, 5.74) is 5.51. The third-order valence-electron chi connectivity index (χ3n) is 1.68. The monoisotopic (exact) mass is 246 g/mol. The second-order valence-corrected chi connectivity index (χ2v) is 5.35. The third kappa shape index (κ3) is 3.71. The van der Waals surface area contributed by atoms with E-state index in [1.165, 1.54) is 23.1 Å². The van der Waals surface area contributed by atoms with E-state index >= 15 is 0 Å². The molecule has 0 aliphatic heterocycles. The van der Waals surface area contributed by atoms with E-state index in [0.29, 0.717) is 11.7 Å². The predicted molar refractivity (Wildman–Crippen MR) is 63.1 cm³/mol. The van der Waals surface area contributed by atoms with Gasteiger partial charge in [-0.2, -0.15) is 0 Å². The van der Waals surface area contributed by atoms with E-state index in [0.717, 1.165) is 10.6 Å². The van der Waals surface area contributed by atoms with E-state index in [4.69, 9.17) is 10.5 Å². The molecule has 1 aromatic rings. The number of hydrogen-bond acceptors (Lipinski definition) is 6. The van der Waals surface area contributed by atoms with E-state index in [9.17, 15) is 4.79 Å². The van der Waals surface area contributed by atoms with Crippen LogP contribution in [0.4, 0.5) is 5.13 Å². The van der Waals surface area contributed by atoms with Crippen molar-refractivity contribution in [2.24, 2.45) is 0 Å². The summed E-state index contributed by atoms with van der Waals surface area (Å²) in [5.74, 6) is -0.169. The Morgan fingerprint density at radius 2 is 2.47 bits per heavy atom. The lowest BCUT2D eigenvalue weighted by Gasteiger charge is -2.11. The molecule has 0 spiro atoms. The Hall–Kier alpha value is -0.750. The highest BCUT2D eigenvalue weighted by Gasteiger charge is 2.19. The number of nitrogens with zero attached hydrogens (tertiary/aromatic N) is 1. The summed E-state index contributed by atoms with van der Waals surface area (Å²) in [6.07, 6.45) is 2.42. The SMILES string of the molecule is CCOC(=O)C(CC)Sc1cnc(N)s1. The van der Waals surface area contributed by atoms with Crippen molar-refractivity contribution in [2.45, 2.75) is 29.7 Å². The van der Waals surface area contributed by atoms with Crippen LogP contribution in [0, 0.1) is 0 Å². The molecule has 1 heterocycles. The highest BCUT2D eigenvalue weighted by molar-refractivity contribution is 8.02. The second-order valence-electron chi connectivity index (χ2n) is 2.78. The molecule has 6 heteroatoms. The first-order chi connectivity index (χ1) is 7.17. The van der Waals surface area contributed by atoms with Gasteiger partial charge in [0.25, 0.3) is 0 Å². The van der Waals surface area contributed by atoms with Gasteiger partial charge in [0, 0.05) is 0 Å². The molecule has 84 valence electrons. The summed E-state index contributed by atoms with van der Waals surface area (Å²) in [7, 11) is 0. The number of esters is 1. The fourth-order valence-electron chi connectivity index (χ4n) is 1.00. The molecule has 1 atom stereocenters. The van der Waals surface area contributed by atoms with E-state index in [1.807, 2.05) is 6.92 Å². The molecule has 0 aromatic carbocycles. The maximum Gasteiger partial charge on any atom is 0.319 e. The largest absolute Gasteiger partial charge is 0.465 e. The number of ether oxygens (including phenoxy) is 1. The van der Waals surface area contributed by atoms with Gasteiger partial charge in [0.1, 0.15) is 5.25 Å². The topological polar surface area (TPSA) is 65.2 Å². The van der Waals surface area contributed by atoms with Crippen molar-refractivity contribution in [3.8, 4) is 0 Å². The molecule has 4 nitrogen and oxygen atoms in total. The number of carbonyl (C=O) groups excluding carboxylic acids is 1. The number of aromatic nitrogens is 1. The number of thiazole rings is 1. The number of carbonyl (C=O) groups is 1. The van der Waals surface area contributed by atoms with E-state index in [2.05, 4.69) is 4.98 Å². The minimum atomic E-state index is -0.169. The Labute approximate surface area is 97.2 Å². The first kappa shape index (κ1) is 12.3. The van der Waals surface area contributed by atoms with Crippen molar-refractivity contribution >= 4 is 34.2 Å². The Kier molecular flexibility index (Phi) is 4.90. The standard InChI is InChI=1S/C9H14N2O2S2/c1-3-6(8(12)13-4-2)14-7-5-11-9(10)15-7/h5-6H,3-4H2,1-2H3,(H2,10,11). The van der Waals surface area contributed by atoms with Crippen molar-refractivity contribution in [3.05, 3.63) is 6.20 Å². The fraction of sp³-hybridized carbons (Fsp3) is 0.556. The third-order valence-corrected chi connectivity index (χ3v) is 3.99. The lowest BCUT2D eigenvalue weighted by atomic mass is 10.3. The second kappa shape index (κ2) is 5.97. The van der Waals surface area contributed by atoms with Crippen LogP contribution in [0.3, 0.4) is 0 Å². The number of thioether (sulfide) groups is 1. The van der Waals surface area contributed by atoms with Gasteiger partial charge in [-0.3, -0.25) is 4.79 Å². The van der Waals surface area contributed by atoms with Crippen LogP contribution in [0.25, 0.3) is 0 Å². The van der Waals surface area contributed by atoms with E-state index in [-0.39, 0.29) is 11.2 Å². The zero-order valence-electron chi connectivity index (χ0n) is 8.73. The molecule has 0 amide bonds. The van der Waals surface area contributed by atoms with Crippen molar-refractivity contribution in [1.29, 1.82) is 0 Å². The molecule has 2 N–H and O–H groups in total. The molecule has 0 saturated carbocycles. The van der Waals surface area contributed by atoms with Gasteiger partial charge < -0.3 is 10.5 Å². The quantitative estimate of drug-likeness (QED) is 0.637. The van der Waals surface area contributed by atoms with Crippen LogP contribution in [0.5, 0.6) is 0 Å². The number of nitrogen functional groups attached to an aromatic ring is 1. The summed E-state index contributed by atoms with van der Waals surface area (Å²) >= 11 is 2.85. The summed E-state index contributed by atoms with van der Waals surface area (Å²) in [5, 5.41) is 0.362. The van der Waals surface area contributed by atoms with Crippen LogP contribution in [-0.4, -0.2) is 22.8 Å². The number of nitrogens with two attached hydrogens (primary N) is 1. The molecule has 0 saturated heterocycles. The molecule has 0 fully saturated rings. The van der Waals surface area contributed by atoms with Crippen LogP contribution >= 0.6 is 23.1 Å². The van der Waals surface area contributed by atoms with Crippen molar-refractivity contribution in [1.82, 2.24) is 4.98 Å². The number of rotatable bonds is 5. The highest BCUT2D eigenvalue weighted by atomic mass is 32.2. The molecular formula is C9H14N2O2S2. The lowest BCUT2D eigenvalue weighted by Crippen LogP contribution is -2.19. The summed E-state index contributed by atoms with van der Waals surface area (Å²) in [4.78, 5) is 15.4. The fourth-order valence-corrected chi connectivity index (χ4v) is 2.94. The summed E-state index contributed by atoms with van der Waals surface area (Å²) in [6, 6.07) is 0. The van der Waals surface area contributed by atoms with Gasteiger partial charge in [-0.25, -0.2) is 4.98 Å². The van der Waals surface area contributed by atoms with Gasteiger partial charge in [0.2, 0.25) is 0 Å². The average molecular weight is 246 g/mol. The Balaban J connectivity index is 2.57. The highest BCUT2D eigenvalue weighted by Crippen LogP contribution is 2.31. The van der Waals surface area contributed by atoms with Crippen molar-refractivity contribution in [2.75, 3.05) is 12.3 Å². The van der Waals surface area contributed by atoms with Crippen molar-refractivity contribution in [3.63, 3.8) is 0 Å². The van der Waals surface area contributed by atoms with Crippen LogP contribution < -0.4 is 5.73 Å². The molecule has 0 bridgehead atoms. The van der Waals surface area contributed by atoms with Crippen LogP contribution in [-0.2, 0) is 9.53 Å². The van der Waals surface area contributed by atoms with Gasteiger partial charge >= 0.3 is 5.97 Å².